The molecule has 1 heterocycles. The fourth-order valence-electron chi connectivity index (χ4n) is 0.609. The van der Waals surface area contributed by atoms with Crippen molar-refractivity contribution in [3.05, 3.63) is 15.8 Å². The SMILES string of the molecule is CN(C)c1ccsc1Cl. The summed E-state index contributed by atoms with van der Waals surface area (Å²) < 4.78 is 0.861. The van der Waals surface area contributed by atoms with Gasteiger partial charge in [0.05, 0.1) is 5.69 Å². The molecule has 0 aliphatic heterocycles. The number of thiophene rings is 1. The van der Waals surface area contributed by atoms with E-state index in [9.17, 15) is 0 Å². The van der Waals surface area contributed by atoms with Crippen LogP contribution in [0.25, 0.3) is 0 Å². The zero-order valence-corrected chi connectivity index (χ0v) is 6.96. The Bertz CT molecular complexity index is 195. The highest BCUT2D eigenvalue weighted by Crippen LogP contribution is 2.29. The Kier molecular flexibility index (Phi) is 1.98. The van der Waals surface area contributed by atoms with E-state index < -0.39 is 0 Å². The van der Waals surface area contributed by atoms with Gasteiger partial charge < -0.3 is 4.90 Å². The molecule has 0 saturated heterocycles. The normalized spacial score (nSPS) is 9.67. The smallest absolute Gasteiger partial charge is 0.116 e. The van der Waals surface area contributed by atoms with Gasteiger partial charge in [-0.25, -0.2) is 0 Å². The minimum Gasteiger partial charge on any atom is -0.376 e. The van der Waals surface area contributed by atoms with Crippen LogP contribution in [-0.2, 0) is 0 Å². The maximum atomic E-state index is 5.81. The second kappa shape index (κ2) is 2.58. The lowest BCUT2D eigenvalue weighted by Crippen LogP contribution is -2.07. The molecular weight excluding hydrogens is 154 g/mol. The quantitative estimate of drug-likeness (QED) is 0.612. The Labute approximate surface area is 63.9 Å². The Morgan fingerprint density at radius 3 is 2.44 bits per heavy atom. The van der Waals surface area contributed by atoms with Gasteiger partial charge in [0.25, 0.3) is 0 Å². The van der Waals surface area contributed by atoms with Crippen molar-refractivity contribution in [3.8, 4) is 0 Å². The third-order valence-corrected chi connectivity index (χ3v) is 2.23. The number of rotatable bonds is 1. The highest BCUT2D eigenvalue weighted by atomic mass is 35.5. The fraction of sp³-hybridized carbons (Fsp3) is 0.333. The average Bonchev–Trinajstić information content (AvgIpc) is 2.13. The predicted octanol–water partition coefficient (Wildman–Crippen LogP) is 2.47. The number of hydrogen-bond acceptors (Lipinski definition) is 2. The lowest BCUT2D eigenvalue weighted by Gasteiger charge is -2.08. The van der Waals surface area contributed by atoms with Crippen LogP contribution in [0.4, 0.5) is 5.69 Å². The molecule has 1 rings (SSSR count). The van der Waals surface area contributed by atoms with Gasteiger partial charge in [0, 0.05) is 14.1 Å². The molecule has 9 heavy (non-hydrogen) atoms. The van der Waals surface area contributed by atoms with E-state index in [2.05, 4.69) is 0 Å². The summed E-state index contributed by atoms with van der Waals surface area (Å²) >= 11 is 7.37. The molecular formula is C6H8ClNS. The van der Waals surface area contributed by atoms with Crippen LogP contribution < -0.4 is 4.90 Å². The molecule has 0 fully saturated rings. The van der Waals surface area contributed by atoms with Crippen molar-refractivity contribution < 1.29 is 0 Å². The summed E-state index contributed by atoms with van der Waals surface area (Å²) in [5.74, 6) is 0. The second-order valence-corrected chi connectivity index (χ2v) is 3.49. The molecule has 1 aromatic heterocycles. The summed E-state index contributed by atoms with van der Waals surface area (Å²) in [4.78, 5) is 2.00. The zero-order valence-electron chi connectivity index (χ0n) is 5.39. The molecule has 0 amide bonds. The number of halogens is 1. The van der Waals surface area contributed by atoms with Crippen LogP contribution in [0.15, 0.2) is 11.4 Å². The highest BCUT2D eigenvalue weighted by Gasteiger charge is 2.00. The van der Waals surface area contributed by atoms with E-state index in [1.54, 1.807) is 11.3 Å². The van der Waals surface area contributed by atoms with Gasteiger partial charge in [-0.1, -0.05) is 11.6 Å². The molecule has 1 nitrogen and oxygen atoms in total. The van der Waals surface area contributed by atoms with Crippen LogP contribution in [0, 0.1) is 0 Å². The summed E-state index contributed by atoms with van der Waals surface area (Å²) in [6, 6.07) is 2.01. The first-order chi connectivity index (χ1) is 4.22. The number of anilines is 1. The van der Waals surface area contributed by atoms with Crippen molar-refractivity contribution in [2.75, 3.05) is 19.0 Å². The van der Waals surface area contributed by atoms with E-state index in [0.29, 0.717) is 0 Å². The molecule has 0 aliphatic carbocycles. The van der Waals surface area contributed by atoms with Crippen LogP contribution in [0.3, 0.4) is 0 Å². The fourth-order valence-corrected chi connectivity index (χ4v) is 1.68. The number of hydrogen-bond donors (Lipinski definition) is 0. The van der Waals surface area contributed by atoms with Crippen molar-refractivity contribution in [1.82, 2.24) is 0 Å². The average molecular weight is 162 g/mol. The Morgan fingerprint density at radius 2 is 2.22 bits per heavy atom. The van der Waals surface area contributed by atoms with Crippen molar-refractivity contribution in [2.24, 2.45) is 0 Å². The molecule has 1 aromatic rings. The Balaban J connectivity index is 2.94. The molecule has 0 aliphatic rings. The molecule has 0 spiro atoms. The van der Waals surface area contributed by atoms with Gasteiger partial charge in [-0.3, -0.25) is 0 Å². The van der Waals surface area contributed by atoms with Crippen LogP contribution in [-0.4, -0.2) is 14.1 Å². The molecule has 0 N–H and O–H groups in total. The molecule has 0 radical (unpaired) electrons. The minimum absolute atomic E-state index is 0.861. The molecule has 0 saturated carbocycles. The minimum atomic E-state index is 0.861. The van der Waals surface area contributed by atoms with Gasteiger partial charge in [-0.2, -0.15) is 0 Å². The highest BCUT2D eigenvalue weighted by molar-refractivity contribution is 7.15. The molecule has 0 aromatic carbocycles. The summed E-state index contributed by atoms with van der Waals surface area (Å²) in [6.45, 7) is 0. The van der Waals surface area contributed by atoms with Crippen LogP contribution in [0.5, 0.6) is 0 Å². The summed E-state index contributed by atoms with van der Waals surface area (Å²) in [5.41, 5.74) is 1.10. The first-order valence-electron chi connectivity index (χ1n) is 2.62. The molecule has 0 atom stereocenters. The monoisotopic (exact) mass is 161 g/mol. The molecule has 0 unspecified atom stereocenters. The number of nitrogens with zero attached hydrogens (tertiary/aromatic N) is 1. The first-order valence-corrected chi connectivity index (χ1v) is 3.88. The van der Waals surface area contributed by atoms with E-state index in [-0.39, 0.29) is 0 Å². The van der Waals surface area contributed by atoms with Crippen molar-refractivity contribution in [2.45, 2.75) is 0 Å². The van der Waals surface area contributed by atoms with Crippen LogP contribution in [0.1, 0.15) is 0 Å². The molecule has 3 heteroatoms. The van der Waals surface area contributed by atoms with Gasteiger partial charge in [0.2, 0.25) is 0 Å². The molecule has 0 bridgehead atoms. The van der Waals surface area contributed by atoms with Gasteiger partial charge in [0.1, 0.15) is 4.34 Å². The Morgan fingerprint density at radius 1 is 1.56 bits per heavy atom. The van der Waals surface area contributed by atoms with Crippen LogP contribution >= 0.6 is 22.9 Å². The lowest BCUT2D eigenvalue weighted by atomic mass is 10.5. The largest absolute Gasteiger partial charge is 0.376 e. The van der Waals surface area contributed by atoms with Gasteiger partial charge in [-0.15, -0.1) is 11.3 Å². The van der Waals surface area contributed by atoms with Crippen molar-refractivity contribution in [1.29, 1.82) is 0 Å². The van der Waals surface area contributed by atoms with Crippen LogP contribution in [0.2, 0.25) is 4.34 Å². The predicted molar refractivity (Wildman–Crippen MR) is 43.7 cm³/mol. The van der Waals surface area contributed by atoms with Gasteiger partial charge in [-0.05, 0) is 11.4 Å². The first kappa shape index (κ1) is 6.90. The van der Waals surface area contributed by atoms with E-state index in [1.165, 1.54) is 0 Å². The third-order valence-electron chi connectivity index (χ3n) is 1.08. The van der Waals surface area contributed by atoms with Crippen molar-refractivity contribution in [3.63, 3.8) is 0 Å². The zero-order chi connectivity index (χ0) is 6.85. The van der Waals surface area contributed by atoms with Gasteiger partial charge >= 0.3 is 0 Å². The standard InChI is InChI=1S/C6H8ClNS/c1-8(2)5-3-4-9-6(5)7/h3-4H,1-2H3. The van der Waals surface area contributed by atoms with E-state index in [0.717, 1.165) is 10.0 Å². The van der Waals surface area contributed by atoms with E-state index in [4.69, 9.17) is 11.6 Å². The maximum absolute atomic E-state index is 5.81. The lowest BCUT2D eigenvalue weighted by molar-refractivity contribution is 1.14. The second-order valence-electron chi connectivity index (χ2n) is 1.97. The van der Waals surface area contributed by atoms with E-state index >= 15 is 0 Å². The van der Waals surface area contributed by atoms with E-state index in [1.807, 2.05) is 30.4 Å². The third kappa shape index (κ3) is 1.37. The topological polar surface area (TPSA) is 3.24 Å². The van der Waals surface area contributed by atoms with Crippen molar-refractivity contribution >= 4 is 28.6 Å². The Hall–Kier alpha value is -0.210. The maximum Gasteiger partial charge on any atom is 0.116 e. The summed E-state index contributed by atoms with van der Waals surface area (Å²) in [7, 11) is 3.96. The van der Waals surface area contributed by atoms with Gasteiger partial charge in [0.15, 0.2) is 0 Å². The summed E-state index contributed by atoms with van der Waals surface area (Å²) in [5, 5.41) is 1.98. The molecule has 50 valence electrons. The summed E-state index contributed by atoms with van der Waals surface area (Å²) in [6.07, 6.45) is 0.